The normalized spacial score (nSPS) is 10.7. The van der Waals surface area contributed by atoms with Crippen LogP contribution in [0.2, 0.25) is 0 Å². The Morgan fingerprint density at radius 1 is 1.05 bits per heavy atom. The van der Waals surface area contributed by atoms with Crippen LogP contribution in [0.3, 0.4) is 0 Å². The third-order valence-corrected chi connectivity index (χ3v) is 3.04. The Hall–Kier alpha value is -2.69. The summed E-state index contributed by atoms with van der Waals surface area (Å²) >= 11 is 0. The molecule has 0 fully saturated rings. The summed E-state index contributed by atoms with van der Waals surface area (Å²) in [4.78, 5) is 8.63. The van der Waals surface area contributed by atoms with Gasteiger partial charge in [0.1, 0.15) is 17.4 Å². The molecule has 0 aliphatic heterocycles. The monoisotopic (exact) mass is 269 g/mol. The Morgan fingerprint density at radius 2 is 1.80 bits per heavy atom. The van der Waals surface area contributed by atoms with Gasteiger partial charge in [0, 0.05) is 10.9 Å². The van der Waals surface area contributed by atoms with Crippen LogP contribution in [0.1, 0.15) is 0 Å². The van der Waals surface area contributed by atoms with Crippen LogP contribution in [0.25, 0.3) is 22.3 Å². The number of hydrogen-bond donors (Lipinski definition) is 1. The Morgan fingerprint density at radius 3 is 2.50 bits per heavy atom. The van der Waals surface area contributed by atoms with Crippen molar-refractivity contribution in [3.63, 3.8) is 0 Å². The molecule has 5 heteroatoms. The summed E-state index contributed by atoms with van der Waals surface area (Å²) in [6.07, 6.45) is 0. The first kappa shape index (κ1) is 12.3. The molecule has 3 rings (SSSR count). The highest BCUT2D eigenvalue weighted by Crippen LogP contribution is 2.25. The first-order chi connectivity index (χ1) is 9.67. The lowest BCUT2D eigenvalue weighted by Crippen LogP contribution is -1.98. The van der Waals surface area contributed by atoms with Gasteiger partial charge in [-0.15, -0.1) is 0 Å². The van der Waals surface area contributed by atoms with E-state index >= 15 is 0 Å². The molecule has 20 heavy (non-hydrogen) atoms. The third kappa shape index (κ3) is 2.14. The quantitative estimate of drug-likeness (QED) is 0.776. The van der Waals surface area contributed by atoms with Crippen molar-refractivity contribution in [3.8, 4) is 17.1 Å². The molecule has 1 aromatic heterocycles. The van der Waals surface area contributed by atoms with Gasteiger partial charge in [0.05, 0.1) is 12.6 Å². The van der Waals surface area contributed by atoms with Crippen LogP contribution in [0.4, 0.5) is 10.2 Å². The molecule has 0 saturated carbocycles. The molecule has 2 N–H and O–H groups in total. The lowest BCUT2D eigenvalue weighted by molar-refractivity contribution is 0.415. The first-order valence-corrected chi connectivity index (χ1v) is 6.04. The third-order valence-electron chi connectivity index (χ3n) is 3.04. The van der Waals surface area contributed by atoms with Gasteiger partial charge in [0.2, 0.25) is 0 Å². The second-order valence-electron chi connectivity index (χ2n) is 4.32. The molecule has 3 aromatic rings. The van der Waals surface area contributed by atoms with Gasteiger partial charge in [-0.05, 0) is 42.5 Å². The minimum atomic E-state index is -0.356. The lowest BCUT2D eigenvalue weighted by Gasteiger charge is -2.06. The number of aromatic nitrogens is 2. The van der Waals surface area contributed by atoms with E-state index in [0.29, 0.717) is 16.7 Å². The second kappa shape index (κ2) is 4.77. The number of benzene rings is 2. The summed E-state index contributed by atoms with van der Waals surface area (Å²) in [6.45, 7) is 0. The van der Waals surface area contributed by atoms with E-state index < -0.39 is 0 Å². The zero-order chi connectivity index (χ0) is 14.1. The number of fused-ring (bicyclic) bond motifs is 1. The maximum atomic E-state index is 13.2. The topological polar surface area (TPSA) is 61.0 Å². The Labute approximate surface area is 115 Å². The molecule has 2 aromatic carbocycles. The molecule has 100 valence electrons. The van der Waals surface area contributed by atoms with Crippen molar-refractivity contribution < 1.29 is 9.13 Å². The van der Waals surface area contributed by atoms with Gasteiger partial charge in [-0.3, -0.25) is 0 Å². The number of ether oxygens (including phenoxy) is 1. The molecule has 1 heterocycles. The molecule has 0 aliphatic rings. The van der Waals surface area contributed by atoms with Crippen molar-refractivity contribution in [2.75, 3.05) is 12.8 Å². The summed E-state index contributed by atoms with van der Waals surface area (Å²) in [5, 5.41) is 0.516. The zero-order valence-corrected chi connectivity index (χ0v) is 10.8. The maximum absolute atomic E-state index is 13.2. The van der Waals surface area contributed by atoms with Crippen LogP contribution in [0, 0.1) is 5.82 Å². The highest BCUT2D eigenvalue weighted by Gasteiger charge is 2.08. The van der Waals surface area contributed by atoms with Crippen LogP contribution in [-0.4, -0.2) is 17.1 Å². The average Bonchev–Trinajstić information content (AvgIpc) is 2.48. The molecule has 0 aliphatic carbocycles. The Kier molecular flexibility index (Phi) is 2.95. The minimum absolute atomic E-state index is 0.264. The summed E-state index contributed by atoms with van der Waals surface area (Å²) in [5.41, 5.74) is 7.32. The van der Waals surface area contributed by atoms with Gasteiger partial charge >= 0.3 is 0 Å². The van der Waals surface area contributed by atoms with E-state index in [9.17, 15) is 4.39 Å². The standard InChI is InChI=1S/C15H12FN3O/c1-20-11-5-2-9(3-6-11)15-18-13-7-4-10(16)8-12(13)14(17)19-15/h2-8H,1H3,(H2,17,18,19). The summed E-state index contributed by atoms with van der Waals surface area (Å²) in [6, 6.07) is 11.6. The van der Waals surface area contributed by atoms with Gasteiger partial charge in [-0.2, -0.15) is 0 Å². The smallest absolute Gasteiger partial charge is 0.162 e. The fourth-order valence-electron chi connectivity index (χ4n) is 1.99. The van der Waals surface area contributed by atoms with E-state index in [1.165, 1.54) is 12.1 Å². The highest BCUT2D eigenvalue weighted by atomic mass is 19.1. The van der Waals surface area contributed by atoms with E-state index in [4.69, 9.17) is 10.5 Å². The summed E-state index contributed by atoms with van der Waals surface area (Å²) in [5.74, 6) is 1.17. The van der Waals surface area contributed by atoms with Crippen molar-refractivity contribution >= 4 is 16.7 Å². The zero-order valence-electron chi connectivity index (χ0n) is 10.8. The van der Waals surface area contributed by atoms with E-state index in [1.807, 2.05) is 24.3 Å². The van der Waals surface area contributed by atoms with Crippen molar-refractivity contribution in [2.45, 2.75) is 0 Å². The first-order valence-electron chi connectivity index (χ1n) is 6.04. The number of rotatable bonds is 2. The minimum Gasteiger partial charge on any atom is -0.497 e. The molecule has 0 unspecified atom stereocenters. The lowest BCUT2D eigenvalue weighted by atomic mass is 10.1. The molecule has 0 radical (unpaired) electrons. The highest BCUT2D eigenvalue weighted by molar-refractivity contribution is 5.89. The van der Waals surface area contributed by atoms with Crippen LogP contribution in [-0.2, 0) is 0 Å². The molecule has 0 saturated heterocycles. The van der Waals surface area contributed by atoms with E-state index in [0.717, 1.165) is 11.3 Å². The Balaban J connectivity index is 2.14. The van der Waals surface area contributed by atoms with E-state index in [1.54, 1.807) is 13.2 Å². The van der Waals surface area contributed by atoms with E-state index in [-0.39, 0.29) is 11.6 Å². The molecule has 0 amide bonds. The summed E-state index contributed by atoms with van der Waals surface area (Å²) in [7, 11) is 1.61. The van der Waals surface area contributed by atoms with Crippen LogP contribution < -0.4 is 10.5 Å². The maximum Gasteiger partial charge on any atom is 0.162 e. The van der Waals surface area contributed by atoms with Crippen LogP contribution in [0.5, 0.6) is 5.75 Å². The number of hydrogen-bond acceptors (Lipinski definition) is 4. The second-order valence-corrected chi connectivity index (χ2v) is 4.32. The van der Waals surface area contributed by atoms with Gasteiger partial charge in [0.15, 0.2) is 5.82 Å². The molecule has 0 atom stereocenters. The fourth-order valence-corrected chi connectivity index (χ4v) is 1.99. The summed E-state index contributed by atoms with van der Waals surface area (Å²) < 4.78 is 18.3. The van der Waals surface area contributed by atoms with Crippen LogP contribution in [0.15, 0.2) is 42.5 Å². The number of nitrogens with zero attached hydrogens (tertiary/aromatic N) is 2. The fraction of sp³-hybridized carbons (Fsp3) is 0.0667. The molecule has 4 nitrogen and oxygen atoms in total. The van der Waals surface area contributed by atoms with Gasteiger partial charge < -0.3 is 10.5 Å². The van der Waals surface area contributed by atoms with Crippen molar-refractivity contribution in [2.24, 2.45) is 0 Å². The van der Waals surface area contributed by atoms with E-state index in [2.05, 4.69) is 9.97 Å². The van der Waals surface area contributed by atoms with Crippen molar-refractivity contribution in [3.05, 3.63) is 48.3 Å². The largest absolute Gasteiger partial charge is 0.497 e. The SMILES string of the molecule is COc1ccc(-c2nc(N)c3cc(F)ccc3n2)cc1. The van der Waals surface area contributed by atoms with Gasteiger partial charge in [-0.25, -0.2) is 14.4 Å². The van der Waals surface area contributed by atoms with Crippen molar-refractivity contribution in [1.82, 2.24) is 9.97 Å². The number of halogens is 1. The molecule has 0 bridgehead atoms. The van der Waals surface area contributed by atoms with Crippen molar-refractivity contribution in [1.29, 1.82) is 0 Å². The Bertz CT molecular complexity index is 772. The number of nitrogen functional groups attached to an aromatic ring is 1. The number of methoxy groups -OCH3 is 1. The van der Waals surface area contributed by atoms with Gasteiger partial charge in [0.25, 0.3) is 0 Å². The average molecular weight is 269 g/mol. The number of nitrogens with two attached hydrogens (primary N) is 1. The van der Waals surface area contributed by atoms with Crippen LogP contribution >= 0.6 is 0 Å². The van der Waals surface area contributed by atoms with Gasteiger partial charge in [-0.1, -0.05) is 0 Å². The predicted octanol–water partition coefficient (Wildman–Crippen LogP) is 3.03. The molecule has 0 spiro atoms. The molecular formula is C15H12FN3O. The molecular weight excluding hydrogens is 257 g/mol. The predicted molar refractivity (Wildman–Crippen MR) is 75.9 cm³/mol. The number of anilines is 1.